The van der Waals surface area contributed by atoms with Crippen molar-refractivity contribution in [1.82, 2.24) is 4.90 Å². The zero-order valence-corrected chi connectivity index (χ0v) is 14.3. The summed E-state index contributed by atoms with van der Waals surface area (Å²) >= 11 is 0. The number of hydrogen-bond donors (Lipinski definition) is 1. The Morgan fingerprint density at radius 2 is 2.05 bits per heavy atom. The molecule has 1 aromatic carbocycles. The smallest absolute Gasteiger partial charge is 0.191 e. The van der Waals surface area contributed by atoms with Crippen molar-refractivity contribution in [2.45, 2.75) is 39.2 Å². The highest BCUT2D eigenvalue weighted by molar-refractivity contribution is 14.0. The molecule has 1 aliphatic carbocycles. The van der Waals surface area contributed by atoms with Crippen molar-refractivity contribution < 1.29 is 0 Å². The van der Waals surface area contributed by atoms with Crippen LogP contribution in [-0.2, 0) is 6.42 Å². The molecule has 0 spiro atoms. The van der Waals surface area contributed by atoms with Crippen molar-refractivity contribution in [3.8, 4) is 0 Å². The third-order valence-electron chi connectivity index (χ3n) is 3.61. The summed E-state index contributed by atoms with van der Waals surface area (Å²) in [7, 11) is 2.04. The Kier molecular flexibility index (Phi) is 6.10. The summed E-state index contributed by atoms with van der Waals surface area (Å²) in [5.41, 5.74) is 9.99. The molecule has 4 heteroatoms. The number of aliphatic imine (C=N–C) groups is 1. The second-order valence-electron chi connectivity index (χ2n) is 5.26. The summed E-state index contributed by atoms with van der Waals surface area (Å²) in [6.45, 7) is 5.05. The number of aryl methyl sites for hydroxylation is 2. The van der Waals surface area contributed by atoms with E-state index in [0.29, 0.717) is 12.0 Å². The van der Waals surface area contributed by atoms with Crippen LogP contribution >= 0.6 is 24.0 Å². The molecule has 0 bridgehead atoms. The van der Waals surface area contributed by atoms with Gasteiger partial charge in [0.15, 0.2) is 5.96 Å². The van der Waals surface area contributed by atoms with Gasteiger partial charge in [-0.15, -0.1) is 24.0 Å². The summed E-state index contributed by atoms with van der Waals surface area (Å²) < 4.78 is 0. The molecule has 0 heterocycles. The lowest BCUT2D eigenvalue weighted by molar-refractivity contribution is 0.487. The second kappa shape index (κ2) is 7.12. The van der Waals surface area contributed by atoms with Crippen molar-refractivity contribution in [1.29, 1.82) is 0 Å². The van der Waals surface area contributed by atoms with Crippen LogP contribution < -0.4 is 5.73 Å². The minimum absolute atomic E-state index is 0. The van der Waals surface area contributed by atoms with Crippen molar-refractivity contribution in [3.05, 3.63) is 34.9 Å². The van der Waals surface area contributed by atoms with Gasteiger partial charge in [0.05, 0.1) is 0 Å². The zero-order chi connectivity index (χ0) is 13.1. The van der Waals surface area contributed by atoms with Crippen LogP contribution in [0, 0.1) is 13.8 Å². The van der Waals surface area contributed by atoms with Crippen LogP contribution in [0.25, 0.3) is 0 Å². The van der Waals surface area contributed by atoms with E-state index < -0.39 is 0 Å². The molecule has 0 radical (unpaired) electrons. The first-order valence-corrected chi connectivity index (χ1v) is 6.67. The summed E-state index contributed by atoms with van der Waals surface area (Å²) in [4.78, 5) is 6.56. The fraction of sp³-hybridized carbons (Fsp3) is 0.533. The Hall–Kier alpha value is -0.780. The van der Waals surface area contributed by atoms with Gasteiger partial charge in [0.1, 0.15) is 0 Å². The lowest BCUT2D eigenvalue weighted by Crippen LogP contribution is -2.35. The Labute approximate surface area is 133 Å². The summed E-state index contributed by atoms with van der Waals surface area (Å²) in [6.07, 6.45) is 3.47. The van der Waals surface area contributed by atoms with Crippen LogP contribution in [0.15, 0.2) is 23.2 Å². The van der Waals surface area contributed by atoms with Gasteiger partial charge < -0.3 is 10.6 Å². The first kappa shape index (κ1) is 16.3. The third-order valence-corrected chi connectivity index (χ3v) is 3.61. The molecule has 1 aliphatic rings. The first-order valence-electron chi connectivity index (χ1n) is 6.67. The minimum atomic E-state index is 0. The molecule has 0 unspecified atom stereocenters. The molecule has 3 nitrogen and oxygen atoms in total. The fourth-order valence-electron chi connectivity index (χ4n) is 2.18. The Balaban J connectivity index is 0.00000180. The van der Waals surface area contributed by atoms with Crippen molar-refractivity contribution >= 4 is 29.9 Å². The molecule has 1 fully saturated rings. The maximum atomic E-state index is 5.96. The minimum Gasteiger partial charge on any atom is -0.370 e. The van der Waals surface area contributed by atoms with Crippen LogP contribution in [0.1, 0.15) is 29.5 Å². The largest absolute Gasteiger partial charge is 0.370 e. The van der Waals surface area contributed by atoms with Gasteiger partial charge in [0.25, 0.3) is 0 Å². The Morgan fingerprint density at radius 3 is 2.63 bits per heavy atom. The van der Waals surface area contributed by atoms with Crippen molar-refractivity contribution in [2.75, 3.05) is 13.6 Å². The van der Waals surface area contributed by atoms with Crippen LogP contribution in [0.3, 0.4) is 0 Å². The number of halogens is 1. The lowest BCUT2D eigenvalue weighted by atomic mass is 10.0. The van der Waals surface area contributed by atoms with Crippen molar-refractivity contribution in [2.24, 2.45) is 10.7 Å². The quantitative estimate of drug-likeness (QED) is 0.501. The Morgan fingerprint density at radius 1 is 1.37 bits per heavy atom. The zero-order valence-electron chi connectivity index (χ0n) is 12.0. The number of nitrogens with zero attached hydrogens (tertiary/aromatic N) is 2. The summed E-state index contributed by atoms with van der Waals surface area (Å²) in [5, 5.41) is 0. The molecule has 2 rings (SSSR count). The highest BCUT2D eigenvalue weighted by atomic mass is 127. The van der Waals surface area contributed by atoms with E-state index in [-0.39, 0.29) is 24.0 Å². The molecule has 19 heavy (non-hydrogen) atoms. The number of guanidine groups is 1. The lowest BCUT2D eigenvalue weighted by Gasteiger charge is -2.16. The molecule has 0 amide bonds. The molecule has 2 N–H and O–H groups in total. The molecular weight excluding hydrogens is 349 g/mol. The highest BCUT2D eigenvalue weighted by Gasteiger charge is 2.27. The average molecular weight is 373 g/mol. The topological polar surface area (TPSA) is 41.6 Å². The van der Waals surface area contributed by atoms with Gasteiger partial charge in [0, 0.05) is 19.6 Å². The number of benzene rings is 1. The van der Waals surface area contributed by atoms with Crippen LogP contribution in [0.2, 0.25) is 0 Å². The van der Waals surface area contributed by atoms with Gasteiger partial charge in [-0.2, -0.15) is 0 Å². The standard InChI is InChI=1S/C15H23N3.HI/c1-11-4-5-13(12(2)10-11)8-9-17-15(16)18(3)14-6-7-14;/h4-5,10,14H,6-9H2,1-3H3,(H2,16,17);1H. The SMILES string of the molecule is Cc1ccc(CCN=C(N)N(C)C2CC2)c(C)c1.I. The van der Waals surface area contributed by atoms with E-state index >= 15 is 0 Å². The van der Waals surface area contributed by atoms with E-state index in [1.54, 1.807) is 0 Å². The van der Waals surface area contributed by atoms with Crippen molar-refractivity contribution in [3.63, 3.8) is 0 Å². The highest BCUT2D eigenvalue weighted by Crippen LogP contribution is 2.24. The predicted molar refractivity (Wildman–Crippen MR) is 92.3 cm³/mol. The van der Waals surface area contributed by atoms with Gasteiger partial charge >= 0.3 is 0 Å². The number of nitrogens with two attached hydrogens (primary N) is 1. The van der Waals surface area contributed by atoms with Crippen LogP contribution in [0.5, 0.6) is 0 Å². The molecule has 0 aromatic heterocycles. The van der Waals surface area contributed by atoms with Gasteiger partial charge in [-0.05, 0) is 44.2 Å². The van der Waals surface area contributed by atoms with E-state index in [1.165, 1.54) is 29.5 Å². The first-order chi connectivity index (χ1) is 8.58. The molecular formula is C15H24IN3. The van der Waals surface area contributed by atoms with Gasteiger partial charge in [0.2, 0.25) is 0 Å². The van der Waals surface area contributed by atoms with Gasteiger partial charge in [-0.25, -0.2) is 0 Å². The monoisotopic (exact) mass is 373 g/mol. The maximum absolute atomic E-state index is 5.96. The van der Waals surface area contributed by atoms with E-state index in [0.717, 1.165) is 13.0 Å². The van der Waals surface area contributed by atoms with E-state index in [2.05, 4.69) is 41.9 Å². The number of hydrogen-bond acceptors (Lipinski definition) is 1. The Bertz CT molecular complexity index is 453. The fourth-order valence-corrected chi connectivity index (χ4v) is 2.18. The summed E-state index contributed by atoms with van der Waals surface area (Å²) in [5.74, 6) is 0.683. The maximum Gasteiger partial charge on any atom is 0.191 e. The van der Waals surface area contributed by atoms with Crippen LogP contribution in [0.4, 0.5) is 0 Å². The molecule has 1 aromatic rings. The normalized spacial score (nSPS) is 15.0. The van der Waals surface area contributed by atoms with E-state index in [4.69, 9.17) is 5.73 Å². The molecule has 0 atom stereocenters. The molecule has 0 aliphatic heterocycles. The molecule has 0 saturated heterocycles. The second-order valence-corrected chi connectivity index (χ2v) is 5.26. The van der Waals surface area contributed by atoms with Gasteiger partial charge in [-0.1, -0.05) is 23.8 Å². The summed E-state index contributed by atoms with van der Waals surface area (Å²) in [6, 6.07) is 7.21. The van der Waals surface area contributed by atoms with E-state index in [1.807, 2.05) is 7.05 Å². The molecule has 106 valence electrons. The number of rotatable bonds is 4. The van der Waals surface area contributed by atoms with Gasteiger partial charge in [-0.3, -0.25) is 4.99 Å². The predicted octanol–water partition coefficient (Wildman–Crippen LogP) is 2.87. The van der Waals surface area contributed by atoms with Crippen LogP contribution in [-0.4, -0.2) is 30.5 Å². The van der Waals surface area contributed by atoms with E-state index in [9.17, 15) is 0 Å². The average Bonchev–Trinajstić information content (AvgIpc) is 3.15. The third kappa shape index (κ3) is 4.67. The molecule has 1 saturated carbocycles.